The molecule has 0 amide bonds. The van der Waals surface area contributed by atoms with E-state index in [1.807, 2.05) is 12.3 Å². The summed E-state index contributed by atoms with van der Waals surface area (Å²) < 4.78 is 0. The number of nitrogens with two attached hydrogens (primary N) is 1. The van der Waals surface area contributed by atoms with E-state index in [2.05, 4.69) is 46.9 Å². The van der Waals surface area contributed by atoms with Gasteiger partial charge in [0.15, 0.2) is 5.11 Å². The molecule has 1 aromatic rings. The molecular weight excluding hydrogens is 254 g/mol. The second-order valence-electron chi connectivity index (χ2n) is 4.80. The van der Waals surface area contributed by atoms with Gasteiger partial charge in [0, 0.05) is 11.8 Å². The summed E-state index contributed by atoms with van der Waals surface area (Å²) in [5, 5.41) is 4.31. The van der Waals surface area contributed by atoms with Gasteiger partial charge in [0.1, 0.15) is 0 Å². The lowest BCUT2D eigenvalue weighted by molar-refractivity contribution is 0.730. The minimum absolute atomic E-state index is 0.191. The van der Waals surface area contributed by atoms with Gasteiger partial charge < -0.3 is 5.73 Å². The quantitative estimate of drug-likeness (QED) is 0.383. The molecule has 0 aromatic heterocycles. The molecule has 3 N–H and O–H groups in total. The van der Waals surface area contributed by atoms with Crippen LogP contribution in [-0.4, -0.2) is 11.3 Å². The number of rotatable bonds is 3. The van der Waals surface area contributed by atoms with Crippen molar-refractivity contribution in [3.63, 3.8) is 0 Å². The molecule has 3 nitrogen and oxygen atoms in total. The number of allylic oxidation sites excluding steroid dienone is 4. The summed E-state index contributed by atoms with van der Waals surface area (Å²) in [6.45, 7) is 0. The van der Waals surface area contributed by atoms with E-state index >= 15 is 0 Å². The topological polar surface area (TPSA) is 50.4 Å². The van der Waals surface area contributed by atoms with Crippen molar-refractivity contribution in [2.75, 3.05) is 0 Å². The van der Waals surface area contributed by atoms with Gasteiger partial charge in [0.05, 0.1) is 6.21 Å². The second-order valence-corrected chi connectivity index (χ2v) is 5.24. The van der Waals surface area contributed by atoms with E-state index < -0.39 is 0 Å². The van der Waals surface area contributed by atoms with Crippen LogP contribution in [0.4, 0.5) is 0 Å². The standard InChI is InChI=1S/C15H15N3S/c16-15(19)18-17-9-13-11-6-7-12(8-11)14(13)10-4-2-1-3-5-10/h1-7,9,11-12H,8H2,(H3,16,18,19)/b17-9-/t11-,12+/m1/s1. The summed E-state index contributed by atoms with van der Waals surface area (Å²) in [7, 11) is 0. The maximum absolute atomic E-state index is 5.38. The molecule has 0 aliphatic heterocycles. The van der Waals surface area contributed by atoms with E-state index in [0.29, 0.717) is 11.8 Å². The third-order valence-corrected chi connectivity index (χ3v) is 3.72. The van der Waals surface area contributed by atoms with Crippen molar-refractivity contribution < 1.29 is 0 Å². The summed E-state index contributed by atoms with van der Waals surface area (Å²) >= 11 is 4.75. The largest absolute Gasteiger partial charge is 0.375 e. The van der Waals surface area contributed by atoms with Gasteiger partial charge >= 0.3 is 0 Å². The lowest BCUT2D eigenvalue weighted by Gasteiger charge is -2.13. The highest BCUT2D eigenvalue weighted by atomic mass is 32.1. The Kier molecular flexibility index (Phi) is 3.17. The maximum atomic E-state index is 5.38. The highest BCUT2D eigenvalue weighted by Gasteiger charge is 2.34. The molecule has 2 bridgehead atoms. The Morgan fingerprint density at radius 3 is 2.74 bits per heavy atom. The summed E-state index contributed by atoms with van der Waals surface area (Å²) in [5.41, 5.74) is 11.9. The van der Waals surface area contributed by atoms with Crippen LogP contribution in [0.1, 0.15) is 12.0 Å². The SMILES string of the molecule is NC(=S)N/N=C\C1=C(c2ccccc2)[C@H]2C=C[C@@H]1C2. The van der Waals surface area contributed by atoms with Gasteiger partial charge in [-0.25, -0.2) is 0 Å². The number of thiocarbonyl (C=S) groups is 1. The van der Waals surface area contributed by atoms with Gasteiger partial charge in [-0.3, -0.25) is 5.43 Å². The predicted molar refractivity (Wildman–Crippen MR) is 82.5 cm³/mol. The molecule has 96 valence electrons. The van der Waals surface area contributed by atoms with E-state index in [-0.39, 0.29) is 5.11 Å². The first-order chi connectivity index (χ1) is 9.25. The molecule has 1 aromatic carbocycles. The van der Waals surface area contributed by atoms with E-state index in [1.165, 1.54) is 16.7 Å². The number of hydrogen-bond donors (Lipinski definition) is 2. The Hall–Kier alpha value is -1.94. The monoisotopic (exact) mass is 269 g/mol. The molecule has 0 fully saturated rings. The maximum Gasteiger partial charge on any atom is 0.184 e. The fourth-order valence-corrected chi connectivity index (χ4v) is 2.94. The first-order valence-electron chi connectivity index (χ1n) is 6.32. The van der Waals surface area contributed by atoms with Crippen LogP contribution in [0.5, 0.6) is 0 Å². The number of nitrogens with one attached hydrogen (secondary N) is 1. The van der Waals surface area contributed by atoms with Crippen LogP contribution in [0.25, 0.3) is 5.57 Å². The number of benzene rings is 1. The van der Waals surface area contributed by atoms with Gasteiger partial charge in [-0.1, -0.05) is 42.5 Å². The molecule has 4 heteroatoms. The molecule has 3 rings (SSSR count). The predicted octanol–water partition coefficient (Wildman–Crippen LogP) is 2.47. The lowest BCUT2D eigenvalue weighted by Crippen LogP contribution is -2.24. The van der Waals surface area contributed by atoms with E-state index in [9.17, 15) is 0 Å². The Morgan fingerprint density at radius 2 is 2.00 bits per heavy atom. The molecular formula is C15H15N3S. The van der Waals surface area contributed by atoms with Crippen molar-refractivity contribution in [1.82, 2.24) is 5.43 Å². The van der Waals surface area contributed by atoms with Crippen molar-refractivity contribution in [3.8, 4) is 0 Å². The Balaban J connectivity index is 1.95. The zero-order valence-corrected chi connectivity index (χ0v) is 11.2. The number of hydrazone groups is 1. The Labute approximate surface area is 117 Å². The van der Waals surface area contributed by atoms with Crippen molar-refractivity contribution in [2.45, 2.75) is 6.42 Å². The van der Waals surface area contributed by atoms with Crippen LogP contribution in [0.2, 0.25) is 0 Å². The number of fused-ring (bicyclic) bond motifs is 2. The zero-order chi connectivity index (χ0) is 13.2. The van der Waals surface area contributed by atoms with E-state index in [1.54, 1.807) is 0 Å². The molecule has 0 heterocycles. The minimum Gasteiger partial charge on any atom is -0.375 e. The van der Waals surface area contributed by atoms with Crippen LogP contribution in [0.15, 0.2) is 53.2 Å². The van der Waals surface area contributed by atoms with Crippen molar-refractivity contribution in [2.24, 2.45) is 22.7 Å². The Morgan fingerprint density at radius 1 is 1.26 bits per heavy atom. The smallest absolute Gasteiger partial charge is 0.184 e. The second kappa shape index (κ2) is 4.97. The normalized spacial score (nSPS) is 24.4. The molecule has 0 spiro atoms. The minimum atomic E-state index is 0.191. The third kappa shape index (κ3) is 2.31. The van der Waals surface area contributed by atoms with Crippen molar-refractivity contribution >= 4 is 29.1 Å². The Bertz CT molecular complexity index is 587. The zero-order valence-electron chi connectivity index (χ0n) is 10.4. The molecule has 19 heavy (non-hydrogen) atoms. The van der Waals surface area contributed by atoms with Crippen LogP contribution in [0, 0.1) is 11.8 Å². The van der Waals surface area contributed by atoms with Gasteiger partial charge in [0.2, 0.25) is 0 Å². The van der Waals surface area contributed by atoms with Crippen LogP contribution >= 0.6 is 12.2 Å². The molecule has 0 unspecified atom stereocenters. The average Bonchev–Trinajstić information content (AvgIpc) is 3.00. The van der Waals surface area contributed by atoms with Crippen LogP contribution in [0.3, 0.4) is 0 Å². The van der Waals surface area contributed by atoms with Gasteiger partial charge in [-0.2, -0.15) is 5.10 Å². The average molecular weight is 269 g/mol. The summed E-state index contributed by atoms with van der Waals surface area (Å²) in [5.74, 6) is 0.982. The molecule has 2 atom stereocenters. The lowest BCUT2D eigenvalue weighted by atomic mass is 9.92. The summed E-state index contributed by atoms with van der Waals surface area (Å²) in [6, 6.07) is 10.5. The first-order valence-corrected chi connectivity index (χ1v) is 6.73. The van der Waals surface area contributed by atoms with Gasteiger partial charge in [-0.15, -0.1) is 0 Å². The highest BCUT2D eigenvalue weighted by molar-refractivity contribution is 7.80. The molecule has 2 aliphatic rings. The van der Waals surface area contributed by atoms with Crippen molar-refractivity contribution in [3.05, 3.63) is 53.6 Å². The molecule has 0 radical (unpaired) electrons. The highest BCUT2D eigenvalue weighted by Crippen LogP contribution is 2.47. The van der Waals surface area contributed by atoms with Crippen molar-refractivity contribution in [1.29, 1.82) is 0 Å². The fraction of sp³-hybridized carbons (Fsp3) is 0.200. The number of hydrogen-bond acceptors (Lipinski definition) is 2. The van der Waals surface area contributed by atoms with Gasteiger partial charge in [0.25, 0.3) is 0 Å². The number of nitrogens with zero attached hydrogens (tertiary/aromatic N) is 1. The molecule has 0 saturated carbocycles. The molecule has 0 saturated heterocycles. The van der Waals surface area contributed by atoms with Gasteiger partial charge in [-0.05, 0) is 35.3 Å². The van der Waals surface area contributed by atoms with Crippen LogP contribution in [-0.2, 0) is 0 Å². The van der Waals surface area contributed by atoms with E-state index in [4.69, 9.17) is 18.0 Å². The molecule has 2 aliphatic carbocycles. The summed E-state index contributed by atoms with van der Waals surface area (Å²) in [4.78, 5) is 0. The van der Waals surface area contributed by atoms with Crippen LogP contribution < -0.4 is 11.2 Å². The fourth-order valence-electron chi connectivity index (χ4n) is 2.89. The third-order valence-electron chi connectivity index (χ3n) is 3.63. The first kappa shape index (κ1) is 12.1. The summed E-state index contributed by atoms with van der Waals surface area (Å²) in [6.07, 6.45) is 7.57. The van der Waals surface area contributed by atoms with E-state index in [0.717, 1.165) is 6.42 Å².